The maximum Gasteiger partial charge on any atom is 0.416 e. The number of ether oxygens (including phenoxy) is 2. The molecular weight excluding hydrogens is 619 g/mol. The second kappa shape index (κ2) is 12.1. The van der Waals surface area contributed by atoms with E-state index in [0.717, 1.165) is 5.56 Å². The zero-order valence-electron chi connectivity index (χ0n) is 24.6. The fourth-order valence-electron chi connectivity index (χ4n) is 5.44. The minimum Gasteiger partial charge on any atom is -0.465 e. The number of rotatable bonds is 6. The average Bonchev–Trinajstić information content (AvgIpc) is 3.28. The van der Waals surface area contributed by atoms with Gasteiger partial charge >= 0.3 is 24.4 Å². The molecule has 0 radical (unpaired) electrons. The molecule has 0 N–H and O–H groups in total. The van der Waals surface area contributed by atoms with E-state index in [2.05, 4.69) is 0 Å². The number of aryl methyl sites for hydroxylation is 1. The number of hydrogen-bond acceptors (Lipinski definition) is 4. The van der Waals surface area contributed by atoms with Crippen LogP contribution in [0, 0.1) is 12.7 Å². The molecule has 1 amide bonds. The van der Waals surface area contributed by atoms with Gasteiger partial charge in [-0.25, -0.2) is 14.0 Å². The van der Waals surface area contributed by atoms with Gasteiger partial charge in [0.15, 0.2) is 0 Å². The number of nitrogens with zero attached hydrogens (tertiary/aromatic N) is 1. The van der Waals surface area contributed by atoms with Gasteiger partial charge in [-0.05, 0) is 84.1 Å². The molecule has 0 spiro atoms. The van der Waals surface area contributed by atoms with Crippen molar-refractivity contribution >= 4 is 12.1 Å². The van der Waals surface area contributed by atoms with Crippen molar-refractivity contribution in [1.82, 2.24) is 4.90 Å². The number of benzene rings is 4. The van der Waals surface area contributed by atoms with Gasteiger partial charge in [-0.2, -0.15) is 26.3 Å². The molecule has 1 fully saturated rings. The Morgan fingerprint density at radius 1 is 0.826 bits per heavy atom. The van der Waals surface area contributed by atoms with E-state index in [1.807, 2.05) is 13.0 Å². The van der Waals surface area contributed by atoms with Gasteiger partial charge in [0.05, 0.1) is 36.4 Å². The molecule has 5 rings (SSSR count). The topological polar surface area (TPSA) is 55.8 Å². The Kier molecular flexibility index (Phi) is 8.59. The summed E-state index contributed by atoms with van der Waals surface area (Å²) in [7, 11) is 1.25. The van der Waals surface area contributed by atoms with E-state index in [4.69, 9.17) is 9.47 Å². The Morgan fingerprint density at radius 2 is 1.43 bits per heavy atom. The predicted molar refractivity (Wildman–Crippen MR) is 154 cm³/mol. The minimum atomic E-state index is -5.06. The van der Waals surface area contributed by atoms with Crippen LogP contribution in [0.4, 0.5) is 35.5 Å². The molecule has 1 saturated heterocycles. The second-order valence-electron chi connectivity index (χ2n) is 10.9. The third kappa shape index (κ3) is 6.56. The maximum absolute atomic E-state index is 15.0. The van der Waals surface area contributed by atoms with E-state index in [1.165, 1.54) is 37.1 Å². The zero-order valence-corrected chi connectivity index (χ0v) is 24.6. The van der Waals surface area contributed by atoms with Gasteiger partial charge in [-0.3, -0.25) is 4.90 Å². The summed E-state index contributed by atoms with van der Waals surface area (Å²) >= 11 is 0. The average molecular weight is 646 g/mol. The van der Waals surface area contributed by atoms with Crippen molar-refractivity contribution in [1.29, 1.82) is 0 Å². The highest BCUT2D eigenvalue weighted by molar-refractivity contribution is 5.90. The molecule has 46 heavy (non-hydrogen) atoms. The van der Waals surface area contributed by atoms with Gasteiger partial charge in [0.2, 0.25) is 0 Å². The van der Waals surface area contributed by atoms with E-state index in [-0.39, 0.29) is 23.7 Å². The maximum atomic E-state index is 15.0. The Balaban J connectivity index is 1.48. The van der Waals surface area contributed by atoms with Crippen LogP contribution in [0.15, 0.2) is 78.9 Å². The van der Waals surface area contributed by atoms with E-state index in [0.29, 0.717) is 34.4 Å². The highest BCUT2D eigenvalue weighted by atomic mass is 19.4. The fraction of sp³-hybridized carbons (Fsp3) is 0.235. The number of carbonyl (C=O) groups excluding carboxylic acids is 2. The summed E-state index contributed by atoms with van der Waals surface area (Å²) in [5.41, 5.74) is 0.141. The Labute approximate surface area is 259 Å². The number of esters is 1. The quantitative estimate of drug-likeness (QED) is 0.155. The summed E-state index contributed by atoms with van der Waals surface area (Å²) in [6.07, 6.45) is -12.4. The number of cyclic esters (lactones) is 1. The number of alkyl halides is 6. The van der Waals surface area contributed by atoms with Crippen LogP contribution in [0.1, 0.15) is 51.2 Å². The molecule has 0 bridgehead atoms. The van der Waals surface area contributed by atoms with Gasteiger partial charge in [-0.1, -0.05) is 42.0 Å². The number of hydrogen-bond donors (Lipinski definition) is 0. The van der Waals surface area contributed by atoms with Crippen molar-refractivity contribution in [2.75, 3.05) is 7.11 Å². The Hall–Kier alpha value is -4.87. The Morgan fingerprint density at radius 3 is 2.02 bits per heavy atom. The monoisotopic (exact) mass is 645 g/mol. The standard InChI is InChI=1S/C34H26F7NO4/c1-18-4-10-27(22-9-11-29(35)28(15-22)20-5-7-21(8-6-20)31(43)45-3)24(12-18)17-42-19(2)30(46-32(42)44)23-13-25(33(36,37)38)16-26(14-23)34(39,40)41/h4-16,19,30H,17H2,1-3H3/t19-,30-/m0/s1. The highest BCUT2D eigenvalue weighted by Crippen LogP contribution is 2.42. The molecule has 4 aromatic rings. The first-order valence-corrected chi connectivity index (χ1v) is 13.9. The lowest BCUT2D eigenvalue weighted by molar-refractivity contribution is -0.143. The first kappa shape index (κ1) is 32.5. The van der Waals surface area contributed by atoms with Crippen molar-refractivity contribution in [2.24, 2.45) is 0 Å². The van der Waals surface area contributed by atoms with Gasteiger partial charge < -0.3 is 9.47 Å². The third-order valence-electron chi connectivity index (χ3n) is 7.83. The molecule has 1 aliphatic rings. The van der Waals surface area contributed by atoms with Crippen molar-refractivity contribution < 1.29 is 49.8 Å². The summed E-state index contributed by atoms with van der Waals surface area (Å²) in [6, 6.07) is 16.1. The number of carbonyl (C=O) groups is 2. The van der Waals surface area contributed by atoms with Crippen LogP contribution in [0.25, 0.3) is 22.3 Å². The molecular formula is C34H26F7NO4. The number of amides is 1. The molecule has 12 heteroatoms. The van der Waals surface area contributed by atoms with E-state index in [1.54, 1.807) is 36.4 Å². The molecule has 0 aliphatic carbocycles. The van der Waals surface area contributed by atoms with Crippen LogP contribution in [0.5, 0.6) is 0 Å². The first-order valence-electron chi connectivity index (χ1n) is 13.9. The van der Waals surface area contributed by atoms with E-state index >= 15 is 0 Å². The normalized spacial score (nSPS) is 16.8. The molecule has 1 aliphatic heterocycles. The van der Waals surface area contributed by atoms with Crippen LogP contribution in [-0.2, 0) is 28.4 Å². The van der Waals surface area contributed by atoms with Gasteiger partial charge in [0, 0.05) is 5.56 Å². The van der Waals surface area contributed by atoms with Gasteiger partial charge in [0.25, 0.3) is 0 Å². The van der Waals surface area contributed by atoms with Crippen molar-refractivity contribution in [2.45, 2.75) is 44.9 Å². The van der Waals surface area contributed by atoms with Crippen LogP contribution >= 0.6 is 0 Å². The van der Waals surface area contributed by atoms with E-state index < -0.39 is 59.1 Å². The minimum absolute atomic E-state index is 0.0200. The lowest BCUT2D eigenvalue weighted by atomic mass is 9.93. The van der Waals surface area contributed by atoms with Crippen molar-refractivity contribution in [3.05, 3.63) is 118 Å². The fourth-order valence-corrected chi connectivity index (χ4v) is 5.44. The molecule has 5 nitrogen and oxygen atoms in total. The van der Waals surface area contributed by atoms with Crippen molar-refractivity contribution in [3.63, 3.8) is 0 Å². The van der Waals surface area contributed by atoms with Crippen LogP contribution in [0.3, 0.4) is 0 Å². The lowest BCUT2D eigenvalue weighted by Crippen LogP contribution is -2.31. The summed E-state index contributed by atoms with van der Waals surface area (Å²) in [5, 5.41) is 0. The third-order valence-corrected chi connectivity index (χ3v) is 7.83. The van der Waals surface area contributed by atoms with Crippen LogP contribution in [-0.4, -0.2) is 30.1 Å². The SMILES string of the molecule is COC(=O)c1ccc(-c2cc(-c3ccc(C)cc3CN3C(=O)O[C@H](c4cc(C(F)(F)F)cc(C(F)(F)F)c4)[C@@H]3C)ccc2F)cc1. The summed E-state index contributed by atoms with van der Waals surface area (Å²) < 4.78 is 106. The van der Waals surface area contributed by atoms with Crippen LogP contribution in [0.2, 0.25) is 0 Å². The molecule has 1 heterocycles. The van der Waals surface area contributed by atoms with E-state index in [9.17, 15) is 40.3 Å². The van der Waals surface area contributed by atoms with Gasteiger partial charge in [0.1, 0.15) is 11.9 Å². The molecule has 2 atom stereocenters. The molecule has 0 unspecified atom stereocenters. The second-order valence-corrected chi connectivity index (χ2v) is 10.9. The summed E-state index contributed by atoms with van der Waals surface area (Å²) in [5.74, 6) is -1.07. The summed E-state index contributed by atoms with van der Waals surface area (Å²) in [6.45, 7) is 3.19. The van der Waals surface area contributed by atoms with Crippen molar-refractivity contribution in [3.8, 4) is 22.3 Å². The highest BCUT2D eigenvalue weighted by Gasteiger charge is 2.43. The zero-order chi connectivity index (χ0) is 33.6. The molecule has 240 valence electrons. The largest absolute Gasteiger partial charge is 0.465 e. The van der Waals surface area contributed by atoms with Crippen LogP contribution < -0.4 is 0 Å². The van der Waals surface area contributed by atoms with Gasteiger partial charge in [-0.15, -0.1) is 0 Å². The smallest absolute Gasteiger partial charge is 0.416 e. The number of methoxy groups -OCH3 is 1. The molecule has 0 aromatic heterocycles. The predicted octanol–water partition coefficient (Wildman–Crippen LogP) is 9.37. The number of halogens is 7. The molecule has 0 saturated carbocycles. The first-order chi connectivity index (χ1) is 21.6. The Bertz CT molecular complexity index is 1770. The lowest BCUT2D eigenvalue weighted by Gasteiger charge is -2.24. The summed E-state index contributed by atoms with van der Waals surface area (Å²) in [4.78, 5) is 26.1. The molecule has 4 aromatic carbocycles.